The first-order valence-electron chi connectivity index (χ1n) is 5.68. The average molecular weight is 348 g/mol. The highest BCUT2D eigenvalue weighted by Gasteiger charge is 2.17. The minimum atomic E-state index is -3.89. The summed E-state index contributed by atoms with van der Waals surface area (Å²) in [5.41, 5.74) is 0.0295. The number of phenols is 1. The van der Waals surface area contributed by atoms with Crippen molar-refractivity contribution in [2.75, 3.05) is 11.8 Å². The predicted octanol–water partition coefficient (Wildman–Crippen LogP) is 3.51. The lowest BCUT2D eigenvalue weighted by molar-refractivity contribution is 0.408. The van der Waals surface area contributed by atoms with E-state index >= 15 is 0 Å². The molecule has 0 atom stereocenters. The molecule has 0 aliphatic rings. The van der Waals surface area contributed by atoms with Crippen LogP contribution in [-0.2, 0) is 10.0 Å². The number of aromatic hydroxyl groups is 1. The second-order valence-corrected chi connectivity index (χ2v) is 6.56. The lowest BCUT2D eigenvalue weighted by Crippen LogP contribution is -2.13. The van der Waals surface area contributed by atoms with E-state index in [-0.39, 0.29) is 26.4 Å². The summed E-state index contributed by atoms with van der Waals surface area (Å²) in [6.45, 7) is 0. The van der Waals surface area contributed by atoms with Crippen LogP contribution in [0.25, 0.3) is 0 Å². The molecule has 0 amide bonds. The quantitative estimate of drug-likeness (QED) is 0.829. The van der Waals surface area contributed by atoms with Crippen molar-refractivity contribution in [1.82, 2.24) is 0 Å². The number of nitrogens with one attached hydrogen (secondary N) is 1. The minimum absolute atomic E-state index is 0.0295. The zero-order valence-corrected chi connectivity index (χ0v) is 13.1. The SMILES string of the molecule is COc1ccc(NS(=O)(=O)c2ccc(Cl)c(Cl)c2)c(O)c1. The van der Waals surface area contributed by atoms with Crippen LogP contribution in [0.1, 0.15) is 0 Å². The van der Waals surface area contributed by atoms with E-state index in [2.05, 4.69) is 4.72 Å². The van der Waals surface area contributed by atoms with E-state index in [1.54, 1.807) is 0 Å². The molecule has 0 radical (unpaired) electrons. The molecular weight excluding hydrogens is 337 g/mol. The van der Waals surface area contributed by atoms with Crippen LogP contribution in [0, 0.1) is 0 Å². The van der Waals surface area contributed by atoms with Crippen LogP contribution in [0.3, 0.4) is 0 Å². The maximum absolute atomic E-state index is 12.2. The number of benzene rings is 2. The Morgan fingerprint density at radius 3 is 2.38 bits per heavy atom. The maximum atomic E-state index is 12.2. The number of ether oxygens (including phenoxy) is 1. The monoisotopic (exact) mass is 347 g/mol. The summed E-state index contributed by atoms with van der Waals surface area (Å²) in [5, 5.41) is 10.2. The van der Waals surface area contributed by atoms with Crippen LogP contribution in [0.5, 0.6) is 11.5 Å². The Labute approximate surface area is 132 Å². The van der Waals surface area contributed by atoms with Gasteiger partial charge in [0.05, 0.1) is 27.7 Å². The summed E-state index contributed by atoms with van der Waals surface area (Å²) >= 11 is 11.6. The van der Waals surface area contributed by atoms with Crippen molar-refractivity contribution in [1.29, 1.82) is 0 Å². The Morgan fingerprint density at radius 2 is 1.81 bits per heavy atom. The number of rotatable bonds is 4. The molecule has 2 aromatic carbocycles. The highest BCUT2D eigenvalue weighted by atomic mass is 35.5. The fourth-order valence-electron chi connectivity index (χ4n) is 1.57. The zero-order valence-electron chi connectivity index (χ0n) is 10.8. The van der Waals surface area contributed by atoms with Gasteiger partial charge in [0.15, 0.2) is 0 Å². The molecule has 0 aliphatic heterocycles. The molecule has 0 unspecified atom stereocenters. The summed E-state index contributed by atoms with van der Waals surface area (Å²) in [5.74, 6) is 0.156. The largest absolute Gasteiger partial charge is 0.506 e. The molecule has 0 heterocycles. The molecule has 112 valence electrons. The number of sulfonamides is 1. The van der Waals surface area contributed by atoms with Gasteiger partial charge in [0.1, 0.15) is 11.5 Å². The van der Waals surface area contributed by atoms with Crippen molar-refractivity contribution >= 4 is 38.9 Å². The number of phenolic OH excluding ortho intramolecular Hbond substituents is 1. The second-order valence-electron chi connectivity index (χ2n) is 4.06. The third-order valence-corrected chi connectivity index (χ3v) is 4.75. The molecule has 2 N–H and O–H groups in total. The highest BCUT2D eigenvalue weighted by Crippen LogP contribution is 2.31. The molecule has 0 aromatic heterocycles. The van der Waals surface area contributed by atoms with Crippen LogP contribution in [0.2, 0.25) is 10.0 Å². The summed E-state index contributed by atoms with van der Waals surface area (Å²) < 4.78 is 31.6. The normalized spacial score (nSPS) is 11.2. The summed E-state index contributed by atoms with van der Waals surface area (Å²) in [4.78, 5) is -0.0629. The fourth-order valence-corrected chi connectivity index (χ4v) is 3.04. The molecule has 2 aromatic rings. The lowest BCUT2D eigenvalue weighted by Gasteiger charge is -2.11. The van der Waals surface area contributed by atoms with E-state index < -0.39 is 10.0 Å². The standard InChI is InChI=1S/C13H11Cl2NO4S/c1-20-8-2-5-12(13(17)6-8)16-21(18,19)9-3-4-10(14)11(15)7-9/h2-7,16-17H,1H3. The summed E-state index contributed by atoms with van der Waals surface area (Å²) in [6.07, 6.45) is 0. The van der Waals surface area contributed by atoms with E-state index in [0.717, 1.165) is 0 Å². The predicted molar refractivity (Wildman–Crippen MR) is 81.9 cm³/mol. The first-order valence-corrected chi connectivity index (χ1v) is 7.92. The van der Waals surface area contributed by atoms with Crippen LogP contribution in [0.15, 0.2) is 41.3 Å². The Bertz CT molecular complexity index is 778. The van der Waals surface area contributed by atoms with Crippen LogP contribution >= 0.6 is 23.2 Å². The van der Waals surface area contributed by atoms with Gasteiger partial charge in [0.2, 0.25) is 0 Å². The first-order chi connectivity index (χ1) is 9.83. The van der Waals surface area contributed by atoms with Crippen molar-refractivity contribution < 1.29 is 18.3 Å². The lowest BCUT2D eigenvalue weighted by atomic mass is 10.3. The van der Waals surface area contributed by atoms with Crippen molar-refractivity contribution in [3.63, 3.8) is 0 Å². The summed E-state index contributed by atoms with van der Waals surface area (Å²) in [6, 6.07) is 8.14. The minimum Gasteiger partial charge on any atom is -0.506 e. The Kier molecular flexibility index (Phi) is 4.51. The van der Waals surface area contributed by atoms with Gasteiger partial charge < -0.3 is 9.84 Å². The number of methoxy groups -OCH3 is 1. The molecule has 21 heavy (non-hydrogen) atoms. The van der Waals surface area contributed by atoms with Gasteiger partial charge in [-0.2, -0.15) is 0 Å². The average Bonchev–Trinajstić information content (AvgIpc) is 2.43. The Balaban J connectivity index is 2.35. The number of anilines is 1. The van der Waals surface area contributed by atoms with Gasteiger partial charge >= 0.3 is 0 Å². The van der Waals surface area contributed by atoms with Crippen molar-refractivity contribution in [3.05, 3.63) is 46.4 Å². The van der Waals surface area contributed by atoms with Crippen molar-refractivity contribution in [3.8, 4) is 11.5 Å². The van der Waals surface area contributed by atoms with Crippen LogP contribution < -0.4 is 9.46 Å². The van der Waals surface area contributed by atoms with Gasteiger partial charge in [-0.15, -0.1) is 0 Å². The van der Waals surface area contributed by atoms with Crippen molar-refractivity contribution in [2.24, 2.45) is 0 Å². The van der Waals surface area contributed by atoms with Gasteiger partial charge in [0.25, 0.3) is 10.0 Å². The van der Waals surface area contributed by atoms with Gasteiger partial charge in [-0.1, -0.05) is 23.2 Å². The van der Waals surface area contributed by atoms with Crippen LogP contribution in [0.4, 0.5) is 5.69 Å². The molecular formula is C13H11Cl2NO4S. The van der Waals surface area contributed by atoms with E-state index in [0.29, 0.717) is 5.75 Å². The van der Waals surface area contributed by atoms with Gasteiger partial charge in [-0.3, -0.25) is 4.72 Å². The molecule has 8 heteroatoms. The van der Waals surface area contributed by atoms with Crippen molar-refractivity contribution in [2.45, 2.75) is 4.90 Å². The van der Waals surface area contributed by atoms with Crippen LogP contribution in [-0.4, -0.2) is 20.6 Å². The molecule has 2 rings (SSSR count). The van der Waals surface area contributed by atoms with E-state index in [9.17, 15) is 13.5 Å². The zero-order chi connectivity index (χ0) is 15.6. The maximum Gasteiger partial charge on any atom is 0.262 e. The molecule has 0 saturated heterocycles. The molecule has 0 spiro atoms. The molecule has 0 bridgehead atoms. The first kappa shape index (κ1) is 15.8. The molecule has 0 aliphatic carbocycles. The molecule has 0 saturated carbocycles. The third-order valence-electron chi connectivity index (χ3n) is 2.65. The Morgan fingerprint density at radius 1 is 1.10 bits per heavy atom. The van der Waals surface area contributed by atoms with E-state index in [4.69, 9.17) is 27.9 Å². The molecule has 0 fully saturated rings. The number of hydrogen-bond acceptors (Lipinski definition) is 4. The smallest absolute Gasteiger partial charge is 0.262 e. The topological polar surface area (TPSA) is 75.6 Å². The second kappa shape index (κ2) is 6.01. The van der Waals surface area contributed by atoms with E-state index in [1.165, 1.54) is 43.5 Å². The van der Waals surface area contributed by atoms with Gasteiger partial charge in [-0.25, -0.2) is 8.42 Å². The fraction of sp³-hybridized carbons (Fsp3) is 0.0769. The highest BCUT2D eigenvalue weighted by molar-refractivity contribution is 7.92. The number of halogens is 2. The summed E-state index contributed by atoms with van der Waals surface area (Å²) in [7, 11) is -2.45. The van der Waals surface area contributed by atoms with Gasteiger partial charge in [0, 0.05) is 6.07 Å². The third kappa shape index (κ3) is 3.53. The number of hydrogen-bond donors (Lipinski definition) is 2. The molecule has 5 nitrogen and oxygen atoms in total. The Hall–Kier alpha value is -1.63. The van der Waals surface area contributed by atoms with E-state index in [1.807, 2.05) is 0 Å². The van der Waals surface area contributed by atoms with Gasteiger partial charge in [-0.05, 0) is 30.3 Å².